The molecule has 21 heavy (non-hydrogen) atoms. The Balaban J connectivity index is 1.86. The first kappa shape index (κ1) is 15.2. The molecule has 2 amide bonds. The molecule has 6 nitrogen and oxygen atoms in total. The molecule has 1 aromatic rings. The van der Waals surface area contributed by atoms with Gasteiger partial charge in [0.15, 0.2) is 0 Å². The molecular weight excluding hydrogens is 270 g/mol. The summed E-state index contributed by atoms with van der Waals surface area (Å²) < 4.78 is 4.50. The summed E-state index contributed by atoms with van der Waals surface area (Å²) in [7, 11) is 1.28. The maximum absolute atomic E-state index is 12.2. The first-order chi connectivity index (χ1) is 10.1. The van der Waals surface area contributed by atoms with E-state index in [1.165, 1.54) is 12.8 Å². The van der Waals surface area contributed by atoms with Gasteiger partial charge in [-0.2, -0.15) is 0 Å². The van der Waals surface area contributed by atoms with Gasteiger partial charge in [0, 0.05) is 31.9 Å². The normalized spacial score (nSPS) is 16.3. The average Bonchev–Trinajstić information content (AvgIpc) is 2.55. The van der Waals surface area contributed by atoms with Crippen LogP contribution in [0.25, 0.3) is 0 Å². The number of para-hydroxylation sites is 1. The van der Waals surface area contributed by atoms with Gasteiger partial charge in [0.05, 0.1) is 7.11 Å². The molecule has 114 valence electrons. The van der Waals surface area contributed by atoms with Crippen molar-refractivity contribution in [3.05, 3.63) is 30.3 Å². The third-order valence-corrected chi connectivity index (χ3v) is 3.60. The van der Waals surface area contributed by atoms with E-state index in [1.807, 2.05) is 18.2 Å². The Morgan fingerprint density at radius 1 is 1.14 bits per heavy atom. The molecule has 1 fully saturated rings. The van der Waals surface area contributed by atoms with Gasteiger partial charge in [-0.05, 0) is 19.1 Å². The summed E-state index contributed by atoms with van der Waals surface area (Å²) in [5.74, 6) is -0.0758. The van der Waals surface area contributed by atoms with Crippen molar-refractivity contribution in [2.45, 2.75) is 13.0 Å². The Bertz CT molecular complexity index is 484. The topological polar surface area (TPSA) is 61.9 Å². The number of ether oxygens (including phenoxy) is 1. The molecule has 1 atom stereocenters. The highest BCUT2D eigenvalue weighted by atomic mass is 16.5. The van der Waals surface area contributed by atoms with Crippen LogP contribution in [0.4, 0.5) is 10.5 Å². The first-order valence-electron chi connectivity index (χ1n) is 7.05. The van der Waals surface area contributed by atoms with Crippen LogP contribution < -0.4 is 10.2 Å². The van der Waals surface area contributed by atoms with Crippen LogP contribution in [0.5, 0.6) is 0 Å². The van der Waals surface area contributed by atoms with Crippen LogP contribution in [0.3, 0.4) is 0 Å². The predicted molar refractivity (Wildman–Crippen MR) is 80.2 cm³/mol. The fourth-order valence-corrected chi connectivity index (χ4v) is 2.40. The largest absolute Gasteiger partial charge is 0.453 e. The highest BCUT2D eigenvalue weighted by molar-refractivity contribution is 5.85. The van der Waals surface area contributed by atoms with Crippen LogP contribution in [-0.2, 0) is 9.53 Å². The van der Waals surface area contributed by atoms with Crippen molar-refractivity contribution in [3.63, 3.8) is 0 Å². The van der Waals surface area contributed by atoms with Crippen molar-refractivity contribution < 1.29 is 14.3 Å². The maximum atomic E-state index is 12.2. The Morgan fingerprint density at radius 2 is 1.76 bits per heavy atom. The Hall–Kier alpha value is -2.24. The number of nitrogens with one attached hydrogen (secondary N) is 1. The van der Waals surface area contributed by atoms with Crippen LogP contribution in [0.2, 0.25) is 0 Å². The van der Waals surface area contributed by atoms with Gasteiger partial charge in [0.2, 0.25) is 5.91 Å². The van der Waals surface area contributed by atoms with Gasteiger partial charge in [-0.1, -0.05) is 18.2 Å². The van der Waals surface area contributed by atoms with E-state index in [0.29, 0.717) is 13.1 Å². The number of amides is 2. The molecular formula is C15H21N3O3. The summed E-state index contributed by atoms with van der Waals surface area (Å²) in [6, 6.07) is 9.58. The summed E-state index contributed by atoms with van der Waals surface area (Å²) >= 11 is 0. The number of carbonyl (C=O) groups is 2. The number of rotatable bonds is 3. The smallest absolute Gasteiger partial charge is 0.407 e. The Kier molecular flexibility index (Phi) is 5.03. The Morgan fingerprint density at radius 3 is 2.33 bits per heavy atom. The second-order valence-electron chi connectivity index (χ2n) is 5.01. The number of carbonyl (C=O) groups excluding carboxylic acids is 2. The van der Waals surface area contributed by atoms with Crippen molar-refractivity contribution in [1.82, 2.24) is 10.2 Å². The summed E-state index contributed by atoms with van der Waals surface area (Å²) in [6.45, 7) is 4.56. The molecule has 0 saturated carbocycles. The quantitative estimate of drug-likeness (QED) is 0.905. The molecule has 1 saturated heterocycles. The highest BCUT2D eigenvalue weighted by Gasteiger charge is 2.25. The number of methoxy groups -OCH3 is 1. The third-order valence-electron chi connectivity index (χ3n) is 3.60. The van der Waals surface area contributed by atoms with E-state index in [1.54, 1.807) is 11.8 Å². The van der Waals surface area contributed by atoms with Crippen molar-refractivity contribution in [2.24, 2.45) is 0 Å². The number of hydrogen-bond donors (Lipinski definition) is 1. The van der Waals surface area contributed by atoms with Gasteiger partial charge < -0.3 is 19.9 Å². The number of alkyl carbamates (subject to hydrolysis) is 1. The fraction of sp³-hybridized carbons (Fsp3) is 0.467. The van der Waals surface area contributed by atoms with Crippen LogP contribution >= 0.6 is 0 Å². The van der Waals surface area contributed by atoms with Gasteiger partial charge in [0.25, 0.3) is 0 Å². The summed E-state index contributed by atoms with van der Waals surface area (Å²) in [5.41, 5.74) is 1.17. The highest BCUT2D eigenvalue weighted by Crippen LogP contribution is 2.15. The molecule has 0 spiro atoms. The van der Waals surface area contributed by atoms with Crippen molar-refractivity contribution in [3.8, 4) is 0 Å². The Labute approximate surface area is 124 Å². The second-order valence-corrected chi connectivity index (χ2v) is 5.01. The molecule has 1 N–H and O–H groups in total. The molecule has 2 rings (SSSR count). The zero-order chi connectivity index (χ0) is 15.2. The molecule has 0 aliphatic carbocycles. The van der Waals surface area contributed by atoms with Crippen LogP contribution in [0, 0.1) is 0 Å². The summed E-state index contributed by atoms with van der Waals surface area (Å²) in [4.78, 5) is 27.4. The van der Waals surface area contributed by atoms with Gasteiger partial charge >= 0.3 is 6.09 Å². The molecule has 1 aliphatic rings. The molecule has 0 unspecified atom stereocenters. The molecule has 1 heterocycles. The zero-order valence-corrected chi connectivity index (χ0v) is 12.4. The van der Waals surface area contributed by atoms with E-state index in [0.717, 1.165) is 13.1 Å². The van der Waals surface area contributed by atoms with E-state index in [2.05, 4.69) is 27.1 Å². The lowest BCUT2D eigenvalue weighted by Gasteiger charge is -2.37. The lowest BCUT2D eigenvalue weighted by atomic mass is 10.2. The number of piperazine rings is 1. The van der Waals surface area contributed by atoms with Crippen molar-refractivity contribution in [1.29, 1.82) is 0 Å². The lowest BCUT2D eigenvalue weighted by Crippen LogP contribution is -2.54. The number of anilines is 1. The maximum Gasteiger partial charge on any atom is 0.407 e. The number of nitrogens with zero attached hydrogens (tertiary/aromatic N) is 2. The first-order valence-corrected chi connectivity index (χ1v) is 7.05. The van der Waals surface area contributed by atoms with Gasteiger partial charge in [-0.3, -0.25) is 4.79 Å². The predicted octanol–water partition coefficient (Wildman–Crippen LogP) is 1.08. The minimum Gasteiger partial charge on any atom is -0.453 e. The van der Waals surface area contributed by atoms with Crippen LogP contribution in [0.1, 0.15) is 6.92 Å². The molecule has 0 aromatic heterocycles. The van der Waals surface area contributed by atoms with E-state index in [-0.39, 0.29) is 5.91 Å². The molecule has 0 radical (unpaired) electrons. The van der Waals surface area contributed by atoms with Crippen LogP contribution in [0.15, 0.2) is 30.3 Å². The van der Waals surface area contributed by atoms with Gasteiger partial charge in [-0.25, -0.2) is 4.79 Å². The molecule has 0 bridgehead atoms. The van der Waals surface area contributed by atoms with Crippen molar-refractivity contribution >= 4 is 17.7 Å². The van der Waals surface area contributed by atoms with Gasteiger partial charge in [0.1, 0.15) is 6.04 Å². The molecule has 1 aliphatic heterocycles. The van der Waals surface area contributed by atoms with E-state index in [9.17, 15) is 9.59 Å². The monoisotopic (exact) mass is 291 g/mol. The number of hydrogen-bond acceptors (Lipinski definition) is 4. The molecule has 6 heteroatoms. The minimum absolute atomic E-state index is 0.0758. The number of benzene rings is 1. The summed E-state index contributed by atoms with van der Waals surface area (Å²) in [6.07, 6.45) is -0.584. The van der Waals surface area contributed by atoms with E-state index >= 15 is 0 Å². The SMILES string of the molecule is COC(=O)N[C@@H](C)C(=O)N1CCN(c2ccccc2)CC1. The zero-order valence-electron chi connectivity index (χ0n) is 12.4. The summed E-state index contributed by atoms with van der Waals surface area (Å²) in [5, 5.41) is 2.50. The van der Waals surface area contributed by atoms with Crippen molar-refractivity contribution in [2.75, 3.05) is 38.2 Å². The minimum atomic E-state index is -0.584. The lowest BCUT2D eigenvalue weighted by molar-refractivity contribution is -0.133. The third kappa shape index (κ3) is 3.87. The fourth-order valence-electron chi connectivity index (χ4n) is 2.40. The van der Waals surface area contributed by atoms with E-state index in [4.69, 9.17) is 0 Å². The van der Waals surface area contributed by atoms with Gasteiger partial charge in [-0.15, -0.1) is 0 Å². The standard InChI is InChI=1S/C15H21N3O3/c1-12(16-15(20)21-2)14(19)18-10-8-17(9-11-18)13-6-4-3-5-7-13/h3-7,12H,8-11H2,1-2H3,(H,16,20)/t12-/m0/s1. The second kappa shape index (κ2) is 6.97. The molecule has 1 aromatic carbocycles. The van der Waals surface area contributed by atoms with E-state index < -0.39 is 12.1 Å². The van der Waals surface area contributed by atoms with Crippen LogP contribution in [-0.4, -0.2) is 56.2 Å². The average molecular weight is 291 g/mol.